The van der Waals surface area contributed by atoms with Gasteiger partial charge in [-0.25, -0.2) is 8.78 Å². The molecule has 2 nitrogen and oxygen atoms in total. The van der Waals surface area contributed by atoms with Crippen molar-refractivity contribution in [2.45, 2.75) is 37.8 Å². The largest absolute Gasteiger partial charge is 0.389 e. The van der Waals surface area contributed by atoms with Crippen LogP contribution in [0.2, 0.25) is 0 Å². The highest BCUT2D eigenvalue weighted by Gasteiger charge is 2.32. The van der Waals surface area contributed by atoms with E-state index in [1.165, 1.54) is 18.2 Å². The van der Waals surface area contributed by atoms with Gasteiger partial charge in [0.25, 0.3) is 0 Å². The summed E-state index contributed by atoms with van der Waals surface area (Å²) < 4.78 is 27.0. The topological polar surface area (TPSA) is 23.5 Å². The highest BCUT2D eigenvalue weighted by atomic mass is 19.1. The molecule has 0 saturated heterocycles. The van der Waals surface area contributed by atoms with Gasteiger partial charge in [0.1, 0.15) is 11.6 Å². The van der Waals surface area contributed by atoms with Gasteiger partial charge in [0.15, 0.2) is 0 Å². The van der Waals surface area contributed by atoms with Crippen molar-refractivity contribution in [1.29, 1.82) is 0 Å². The molecule has 0 amide bonds. The Morgan fingerprint density at radius 1 is 1.22 bits per heavy atom. The fourth-order valence-corrected chi connectivity index (χ4v) is 2.70. The highest BCUT2D eigenvalue weighted by molar-refractivity contribution is 5.19. The van der Waals surface area contributed by atoms with E-state index in [1.807, 2.05) is 0 Å². The molecule has 0 unspecified atom stereocenters. The number of benzene rings is 1. The van der Waals surface area contributed by atoms with Gasteiger partial charge in [-0.1, -0.05) is 18.9 Å². The number of likely N-dealkylation sites (N-methyl/N-ethyl adjacent to an activating group) is 1. The van der Waals surface area contributed by atoms with E-state index in [2.05, 4.69) is 0 Å². The Balaban J connectivity index is 2.00. The standard InChI is InChI=1S/C14H19F2NO/c1-17(10-14(18)7-2-3-8-14)9-11-12(15)5-4-6-13(11)16/h4-6,18H,2-3,7-10H2,1H3. The van der Waals surface area contributed by atoms with E-state index in [0.29, 0.717) is 6.54 Å². The molecule has 1 fully saturated rings. The summed E-state index contributed by atoms with van der Waals surface area (Å²) >= 11 is 0. The summed E-state index contributed by atoms with van der Waals surface area (Å²) in [5.74, 6) is -1.06. The Morgan fingerprint density at radius 3 is 2.33 bits per heavy atom. The molecule has 1 saturated carbocycles. The Hall–Kier alpha value is -1.00. The highest BCUT2D eigenvalue weighted by Crippen LogP contribution is 2.30. The van der Waals surface area contributed by atoms with Crippen molar-refractivity contribution in [2.24, 2.45) is 0 Å². The van der Waals surface area contributed by atoms with E-state index in [0.717, 1.165) is 25.7 Å². The third-order valence-electron chi connectivity index (χ3n) is 3.59. The molecule has 0 heterocycles. The second kappa shape index (κ2) is 5.33. The molecule has 1 aliphatic rings. The van der Waals surface area contributed by atoms with E-state index in [-0.39, 0.29) is 12.1 Å². The molecule has 0 radical (unpaired) electrons. The zero-order chi connectivity index (χ0) is 13.2. The second-order valence-electron chi connectivity index (χ2n) is 5.30. The summed E-state index contributed by atoms with van der Waals surface area (Å²) in [6.45, 7) is 0.640. The summed E-state index contributed by atoms with van der Waals surface area (Å²) in [6.07, 6.45) is 3.60. The first kappa shape index (κ1) is 13.4. The molecule has 1 aliphatic carbocycles. The molecule has 1 N–H and O–H groups in total. The molecule has 100 valence electrons. The van der Waals surface area contributed by atoms with E-state index >= 15 is 0 Å². The van der Waals surface area contributed by atoms with Crippen molar-refractivity contribution in [3.05, 3.63) is 35.4 Å². The minimum atomic E-state index is -0.684. The maximum atomic E-state index is 13.5. The van der Waals surface area contributed by atoms with E-state index in [4.69, 9.17) is 0 Å². The molecule has 1 aromatic carbocycles. The number of halogens is 2. The van der Waals surface area contributed by atoms with Crippen LogP contribution >= 0.6 is 0 Å². The van der Waals surface area contributed by atoms with Crippen LogP contribution in [0.15, 0.2) is 18.2 Å². The van der Waals surface area contributed by atoms with Crippen LogP contribution in [-0.2, 0) is 6.54 Å². The van der Waals surface area contributed by atoms with Gasteiger partial charge in [0.05, 0.1) is 5.60 Å². The van der Waals surface area contributed by atoms with Crippen LogP contribution in [0.25, 0.3) is 0 Å². The van der Waals surface area contributed by atoms with Crippen LogP contribution < -0.4 is 0 Å². The van der Waals surface area contributed by atoms with Crippen molar-refractivity contribution >= 4 is 0 Å². The summed E-state index contributed by atoms with van der Waals surface area (Å²) in [5.41, 5.74) is -0.613. The fourth-order valence-electron chi connectivity index (χ4n) is 2.70. The predicted octanol–water partition coefficient (Wildman–Crippen LogP) is 2.70. The number of nitrogens with zero attached hydrogens (tertiary/aromatic N) is 1. The molecular formula is C14H19F2NO. The molecule has 0 spiro atoms. The lowest BCUT2D eigenvalue weighted by Gasteiger charge is -2.28. The normalized spacial score (nSPS) is 18.5. The maximum Gasteiger partial charge on any atom is 0.130 e. The first-order valence-corrected chi connectivity index (χ1v) is 6.34. The van der Waals surface area contributed by atoms with Crippen LogP contribution in [0.4, 0.5) is 8.78 Å². The van der Waals surface area contributed by atoms with E-state index in [1.54, 1.807) is 11.9 Å². The number of hydrogen-bond acceptors (Lipinski definition) is 2. The third kappa shape index (κ3) is 3.06. The maximum absolute atomic E-state index is 13.5. The summed E-state index contributed by atoms with van der Waals surface area (Å²) in [6, 6.07) is 3.88. The van der Waals surface area contributed by atoms with Crippen LogP contribution in [0.1, 0.15) is 31.2 Å². The van der Waals surface area contributed by atoms with Gasteiger partial charge < -0.3 is 5.11 Å². The fraction of sp³-hybridized carbons (Fsp3) is 0.571. The lowest BCUT2D eigenvalue weighted by atomic mass is 10.0. The van der Waals surface area contributed by atoms with Crippen molar-refractivity contribution in [2.75, 3.05) is 13.6 Å². The molecule has 0 atom stereocenters. The Labute approximate surface area is 106 Å². The average Bonchev–Trinajstić information content (AvgIpc) is 2.70. The minimum absolute atomic E-state index is 0.0709. The van der Waals surface area contributed by atoms with Crippen LogP contribution in [0.5, 0.6) is 0 Å². The number of aliphatic hydroxyl groups is 1. The molecule has 0 aliphatic heterocycles. The van der Waals surface area contributed by atoms with Gasteiger partial charge in [-0.15, -0.1) is 0 Å². The van der Waals surface area contributed by atoms with Crippen molar-refractivity contribution in [3.8, 4) is 0 Å². The quantitative estimate of drug-likeness (QED) is 0.894. The van der Waals surface area contributed by atoms with Crippen LogP contribution in [0.3, 0.4) is 0 Å². The molecule has 1 aromatic rings. The SMILES string of the molecule is CN(Cc1c(F)cccc1F)CC1(O)CCCC1. The van der Waals surface area contributed by atoms with Crippen LogP contribution in [-0.4, -0.2) is 29.2 Å². The minimum Gasteiger partial charge on any atom is -0.389 e. The van der Waals surface area contributed by atoms with Gasteiger partial charge in [-0.2, -0.15) is 0 Å². The van der Waals surface area contributed by atoms with Gasteiger partial charge in [-0.05, 0) is 32.0 Å². The average molecular weight is 255 g/mol. The predicted molar refractivity (Wildman–Crippen MR) is 66.1 cm³/mol. The summed E-state index contributed by atoms with van der Waals surface area (Å²) in [4.78, 5) is 1.78. The van der Waals surface area contributed by atoms with Crippen molar-refractivity contribution in [3.63, 3.8) is 0 Å². The Morgan fingerprint density at radius 2 is 1.78 bits per heavy atom. The Kier molecular flexibility index (Phi) is 3.97. The molecule has 2 rings (SSSR count). The number of hydrogen-bond donors (Lipinski definition) is 1. The van der Waals surface area contributed by atoms with Crippen molar-refractivity contribution < 1.29 is 13.9 Å². The second-order valence-corrected chi connectivity index (χ2v) is 5.30. The lowest BCUT2D eigenvalue weighted by Crippen LogP contribution is -2.39. The molecule has 4 heteroatoms. The monoisotopic (exact) mass is 255 g/mol. The van der Waals surface area contributed by atoms with Gasteiger partial charge in [0, 0.05) is 18.7 Å². The first-order chi connectivity index (χ1) is 8.50. The molecule has 0 bridgehead atoms. The zero-order valence-electron chi connectivity index (χ0n) is 10.6. The Bertz CT molecular complexity index is 396. The van der Waals surface area contributed by atoms with Gasteiger partial charge in [-0.3, -0.25) is 4.90 Å². The van der Waals surface area contributed by atoms with E-state index < -0.39 is 17.2 Å². The van der Waals surface area contributed by atoms with Crippen molar-refractivity contribution in [1.82, 2.24) is 4.90 Å². The van der Waals surface area contributed by atoms with Crippen LogP contribution in [0, 0.1) is 11.6 Å². The summed E-state index contributed by atoms with van der Waals surface area (Å²) in [5, 5.41) is 10.2. The first-order valence-electron chi connectivity index (χ1n) is 6.34. The van der Waals surface area contributed by atoms with Gasteiger partial charge >= 0.3 is 0 Å². The van der Waals surface area contributed by atoms with E-state index in [9.17, 15) is 13.9 Å². The lowest BCUT2D eigenvalue weighted by molar-refractivity contribution is 0.0140. The third-order valence-corrected chi connectivity index (χ3v) is 3.59. The van der Waals surface area contributed by atoms with Gasteiger partial charge in [0.2, 0.25) is 0 Å². The zero-order valence-corrected chi connectivity index (χ0v) is 10.6. The smallest absolute Gasteiger partial charge is 0.130 e. The molecular weight excluding hydrogens is 236 g/mol. The number of rotatable bonds is 4. The molecule has 0 aromatic heterocycles. The summed E-state index contributed by atoms with van der Waals surface area (Å²) in [7, 11) is 1.78. The molecule has 18 heavy (non-hydrogen) atoms.